The highest BCUT2D eigenvalue weighted by Gasteiger charge is 2.41. The zero-order valence-electron chi connectivity index (χ0n) is 32.9. The van der Waals surface area contributed by atoms with Crippen molar-refractivity contribution in [1.29, 1.82) is 0 Å². The Morgan fingerprint density at radius 1 is 0.466 bits per heavy atom. The topological polar surface area (TPSA) is 34.8 Å². The Hall–Kier alpha value is -6.98. The number of benzene rings is 8. The van der Waals surface area contributed by atoms with E-state index in [9.17, 15) is 0 Å². The molecule has 9 aromatic rings. The van der Waals surface area contributed by atoms with Crippen LogP contribution in [0.25, 0.3) is 44.2 Å². The van der Waals surface area contributed by atoms with Crippen molar-refractivity contribution >= 4 is 62.1 Å². The molecule has 58 heavy (non-hydrogen) atoms. The standard InChI is InChI=1S/C53H40BNO3/c1-33-14-11-19-38(28-33)55(45-23-13-21-41-40-20-12-22-42(53(2,3)4)51(40)58-52(41)45)39-31-48-50-49(32-39)57-47-30-37(35-17-9-6-10-18-35)25-27-44(47)54(50)43-26-24-36(29-46(43)56-48)34-15-7-5-8-16-34/h5-32H,1-4H3. The molecule has 2 aliphatic heterocycles. The Bertz CT molecular complexity index is 2960. The smallest absolute Gasteiger partial charge is 0.260 e. The number of fused-ring (bicyclic) bond motifs is 7. The summed E-state index contributed by atoms with van der Waals surface area (Å²) in [6.45, 7) is 8.77. The summed E-state index contributed by atoms with van der Waals surface area (Å²) in [5, 5.41) is 2.19. The Morgan fingerprint density at radius 2 is 1.03 bits per heavy atom. The summed E-state index contributed by atoms with van der Waals surface area (Å²) >= 11 is 0. The number of hydrogen-bond donors (Lipinski definition) is 0. The summed E-state index contributed by atoms with van der Waals surface area (Å²) in [7, 11) is 0. The largest absolute Gasteiger partial charge is 0.458 e. The van der Waals surface area contributed by atoms with Crippen molar-refractivity contribution in [2.75, 3.05) is 4.90 Å². The molecule has 0 saturated carbocycles. The van der Waals surface area contributed by atoms with E-state index in [1.165, 1.54) is 5.56 Å². The molecule has 0 radical (unpaired) electrons. The quantitative estimate of drug-likeness (QED) is 0.164. The van der Waals surface area contributed by atoms with E-state index in [1.54, 1.807) is 0 Å². The Balaban J connectivity index is 1.15. The second-order valence-electron chi connectivity index (χ2n) is 16.6. The minimum Gasteiger partial charge on any atom is -0.458 e. The van der Waals surface area contributed by atoms with Gasteiger partial charge in [0.2, 0.25) is 0 Å². The first kappa shape index (κ1) is 34.3. The van der Waals surface area contributed by atoms with Crippen molar-refractivity contribution in [1.82, 2.24) is 0 Å². The normalized spacial score (nSPS) is 12.7. The molecular weight excluding hydrogens is 709 g/mol. The zero-order valence-corrected chi connectivity index (χ0v) is 32.9. The number of aryl methyl sites for hydroxylation is 1. The number of ether oxygens (including phenoxy) is 2. The lowest BCUT2D eigenvalue weighted by Crippen LogP contribution is -2.57. The average Bonchev–Trinajstić information content (AvgIpc) is 3.63. The predicted molar refractivity (Wildman–Crippen MR) is 240 cm³/mol. The van der Waals surface area contributed by atoms with E-state index in [1.807, 2.05) is 0 Å². The minimum absolute atomic E-state index is 0.0803. The monoisotopic (exact) mass is 749 g/mol. The number of furan rings is 1. The maximum absolute atomic E-state index is 7.04. The SMILES string of the molecule is Cc1cccc(N(c2cc3c4c(c2)Oc2cc(-c5ccccc5)ccc2B4c2ccc(-c4ccccc4)cc2O3)c2cccc3c2oc2c(C(C)(C)C)cccc23)c1. The van der Waals surface area contributed by atoms with Crippen LogP contribution in [0.1, 0.15) is 31.9 Å². The third-order valence-electron chi connectivity index (χ3n) is 11.8. The van der Waals surface area contributed by atoms with Crippen LogP contribution in [0.2, 0.25) is 0 Å². The van der Waals surface area contributed by atoms with E-state index in [0.29, 0.717) is 0 Å². The molecule has 0 spiro atoms. The van der Waals surface area contributed by atoms with Gasteiger partial charge < -0.3 is 18.8 Å². The molecule has 0 aliphatic carbocycles. The van der Waals surface area contributed by atoms with E-state index in [4.69, 9.17) is 13.9 Å². The lowest BCUT2D eigenvalue weighted by molar-refractivity contribution is 0.465. The molecule has 8 aromatic carbocycles. The zero-order chi connectivity index (χ0) is 39.1. The number of para-hydroxylation sites is 2. The molecule has 0 fully saturated rings. The van der Waals surface area contributed by atoms with Crippen LogP contribution in [0.4, 0.5) is 17.1 Å². The van der Waals surface area contributed by atoms with Gasteiger partial charge in [0, 0.05) is 39.6 Å². The van der Waals surface area contributed by atoms with Gasteiger partial charge in [-0.3, -0.25) is 0 Å². The van der Waals surface area contributed by atoms with Crippen LogP contribution >= 0.6 is 0 Å². The second kappa shape index (κ2) is 13.0. The Kier molecular flexibility index (Phi) is 7.71. The Labute approximate surface area is 339 Å². The summed E-state index contributed by atoms with van der Waals surface area (Å²) in [5.74, 6) is 3.24. The van der Waals surface area contributed by atoms with Gasteiger partial charge in [-0.15, -0.1) is 0 Å². The van der Waals surface area contributed by atoms with Crippen LogP contribution in [-0.2, 0) is 5.41 Å². The molecule has 2 aliphatic rings. The van der Waals surface area contributed by atoms with Gasteiger partial charge in [0.05, 0.1) is 11.4 Å². The molecule has 5 heteroatoms. The molecule has 0 saturated heterocycles. The summed E-state index contributed by atoms with van der Waals surface area (Å²) in [5.41, 5.74) is 14.6. The first-order chi connectivity index (χ1) is 28.3. The van der Waals surface area contributed by atoms with Crippen molar-refractivity contribution < 1.29 is 13.9 Å². The maximum atomic E-state index is 7.04. The lowest BCUT2D eigenvalue weighted by Gasteiger charge is -2.35. The highest BCUT2D eigenvalue weighted by Crippen LogP contribution is 2.47. The summed E-state index contributed by atoms with van der Waals surface area (Å²) in [6, 6.07) is 60.2. The van der Waals surface area contributed by atoms with Crippen molar-refractivity contribution in [2.45, 2.75) is 33.1 Å². The van der Waals surface area contributed by atoms with E-state index >= 15 is 0 Å². The number of hydrogen-bond acceptors (Lipinski definition) is 4. The highest BCUT2D eigenvalue weighted by atomic mass is 16.5. The van der Waals surface area contributed by atoms with Crippen LogP contribution in [0, 0.1) is 6.92 Å². The third kappa shape index (κ3) is 5.53. The molecule has 0 bridgehead atoms. The molecule has 11 rings (SSSR count). The number of anilines is 3. The molecule has 3 heterocycles. The lowest BCUT2D eigenvalue weighted by atomic mass is 9.34. The summed E-state index contributed by atoms with van der Waals surface area (Å²) in [6.07, 6.45) is 0. The molecule has 4 nitrogen and oxygen atoms in total. The number of rotatable bonds is 5. The van der Waals surface area contributed by atoms with Gasteiger partial charge in [-0.05, 0) is 81.4 Å². The molecule has 0 atom stereocenters. The number of nitrogens with zero attached hydrogens (tertiary/aromatic N) is 1. The minimum atomic E-state index is -0.0938. The van der Waals surface area contributed by atoms with E-state index in [2.05, 4.69) is 202 Å². The maximum Gasteiger partial charge on any atom is 0.260 e. The van der Waals surface area contributed by atoms with E-state index < -0.39 is 0 Å². The van der Waals surface area contributed by atoms with Crippen LogP contribution in [-0.4, -0.2) is 6.71 Å². The van der Waals surface area contributed by atoms with E-state index in [0.717, 1.165) is 106 Å². The Morgan fingerprint density at radius 3 is 1.62 bits per heavy atom. The molecular formula is C53H40BNO3. The molecule has 0 amide bonds. The van der Waals surface area contributed by atoms with Crippen LogP contribution in [0.5, 0.6) is 23.0 Å². The fourth-order valence-corrected chi connectivity index (χ4v) is 8.99. The van der Waals surface area contributed by atoms with Gasteiger partial charge >= 0.3 is 0 Å². The third-order valence-corrected chi connectivity index (χ3v) is 11.8. The molecule has 0 unspecified atom stereocenters. The molecule has 278 valence electrons. The van der Waals surface area contributed by atoms with Crippen molar-refractivity contribution in [2.24, 2.45) is 0 Å². The second-order valence-corrected chi connectivity index (χ2v) is 16.6. The van der Waals surface area contributed by atoms with Gasteiger partial charge in [-0.1, -0.05) is 148 Å². The molecule has 0 N–H and O–H groups in total. The van der Waals surface area contributed by atoms with Crippen LogP contribution < -0.4 is 30.8 Å². The van der Waals surface area contributed by atoms with Crippen molar-refractivity contribution in [3.8, 4) is 45.3 Å². The highest BCUT2D eigenvalue weighted by molar-refractivity contribution is 6.98. The van der Waals surface area contributed by atoms with E-state index in [-0.39, 0.29) is 12.1 Å². The molecule has 1 aromatic heterocycles. The predicted octanol–water partition coefficient (Wildman–Crippen LogP) is 12.7. The average molecular weight is 750 g/mol. The van der Waals surface area contributed by atoms with Crippen molar-refractivity contribution in [3.63, 3.8) is 0 Å². The van der Waals surface area contributed by atoms with Crippen molar-refractivity contribution in [3.05, 3.63) is 181 Å². The van der Waals surface area contributed by atoms with Gasteiger partial charge in [-0.2, -0.15) is 0 Å². The first-order valence-corrected chi connectivity index (χ1v) is 20.0. The fourth-order valence-electron chi connectivity index (χ4n) is 8.99. The van der Waals surface area contributed by atoms with Crippen LogP contribution in [0.15, 0.2) is 174 Å². The van der Waals surface area contributed by atoms with Gasteiger partial charge in [-0.25, -0.2) is 0 Å². The summed E-state index contributed by atoms with van der Waals surface area (Å²) in [4.78, 5) is 2.29. The fraction of sp³-hybridized carbons (Fsp3) is 0.0943. The van der Waals surface area contributed by atoms with Gasteiger partial charge in [0.25, 0.3) is 6.71 Å². The van der Waals surface area contributed by atoms with Gasteiger partial charge in [0.15, 0.2) is 5.58 Å². The van der Waals surface area contributed by atoms with Crippen LogP contribution in [0.3, 0.4) is 0 Å². The summed E-state index contributed by atoms with van der Waals surface area (Å²) < 4.78 is 21.1. The first-order valence-electron chi connectivity index (χ1n) is 20.0. The van der Waals surface area contributed by atoms with Gasteiger partial charge in [0.1, 0.15) is 28.6 Å².